The van der Waals surface area contributed by atoms with E-state index in [0.29, 0.717) is 23.4 Å². The fraction of sp³-hybridized carbons (Fsp3) is 0.211. The summed E-state index contributed by atoms with van der Waals surface area (Å²) in [6, 6.07) is 8.35. The maximum atomic E-state index is 13.2. The fourth-order valence-electron chi connectivity index (χ4n) is 2.77. The van der Waals surface area contributed by atoms with Crippen LogP contribution in [-0.2, 0) is 21.2 Å². The third-order valence-electron chi connectivity index (χ3n) is 4.15. The molecule has 0 unspecified atom stereocenters. The Morgan fingerprint density at radius 3 is 2.41 bits per heavy atom. The molecule has 0 aliphatic carbocycles. The van der Waals surface area contributed by atoms with E-state index in [1.165, 1.54) is 30.3 Å². The molecule has 0 aliphatic rings. The van der Waals surface area contributed by atoms with E-state index in [9.17, 15) is 22.7 Å². The Hall–Kier alpha value is -3.11. The summed E-state index contributed by atoms with van der Waals surface area (Å²) < 4.78 is 44.0. The van der Waals surface area contributed by atoms with Crippen molar-refractivity contribution in [1.82, 2.24) is 15.0 Å². The molecular weight excluding hydrogens is 401 g/mol. The van der Waals surface area contributed by atoms with Gasteiger partial charge < -0.3 is 14.8 Å². The number of hydrogen-bond donors (Lipinski definition) is 2. The van der Waals surface area contributed by atoms with E-state index in [4.69, 9.17) is 4.74 Å². The Kier molecular flexibility index (Phi) is 5.76. The van der Waals surface area contributed by atoms with Crippen LogP contribution in [0.3, 0.4) is 0 Å². The lowest BCUT2D eigenvalue weighted by Gasteiger charge is -2.09. The van der Waals surface area contributed by atoms with E-state index in [2.05, 4.69) is 15.0 Å². The Labute approximate surface area is 166 Å². The first kappa shape index (κ1) is 20.6. The summed E-state index contributed by atoms with van der Waals surface area (Å²) >= 11 is 0. The summed E-state index contributed by atoms with van der Waals surface area (Å²) in [6.07, 6.45) is 0. The van der Waals surface area contributed by atoms with Crippen molar-refractivity contribution in [2.24, 2.45) is 0 Å². The van der Waals surface area contributed by atoms with Crippen molar-refractivity contribution in [3.63, 3.8) is 0 Å². The van der Waals surface area contributed by atoms with Gasteiger partial charge in [0.25, 0.3) is 5.56 Å². The van der Waals surface area contributed by atoms with Crippen LogP contribution in [-0.4, -0.2) is 35.1 Å². The summed E-state index contributed by atoms with van der Waals surface area (Å²) in [6.45, 7) is 3.67. The second-order valence-corrected chi connectivity index (χ2v) is 7.98. The van der Waals surface area contributed by atoms with Gasteiger partial charge in [-0.3, -0.25) is 4.79 Å². The lowest BCUT2D eigenvalue weighted by atomic mass is 10.1. The van der Waals surface area contributed by atoms with Crippen molar-refractivity contribution in [1.29, 1.82) is 0 Å². The molecule has 3 aromatic rings. The number of aromatic amines is 1. The molecule has 0 aliphatic heterocycles. The normalized spacial score (nSPS) is 11.6. The third-order valence-corrected chi connectivity index (χ3v) is 5.95. The summed E-state index contributed by atoms with van der Waals surface area (Å²) in [5.74, 6) is -1.40. The first-order valence-corrected chi connectivity index (χ1v) is 10.1. The Morgan fingerprint density at radius 1 is 1.14 bits per heavy atom. The number of rotatable bonds is 6. The van der Waals surface area contributed by atoms with Gasteiger partial charge in [0.15, 0.2) is 4.90 Å². The van der Waals surface area contributed by atoms with Crippen molar-refractivity contribution >= 4 is 9.84 Å². The van der Waals surface area contributed by atoms with Crippen LogP contribution in [0.15, 0.2) is 51.0 Å². The number of sulfone groups is 1. The average molecular weight is 419 g/mol. The zero-order valence-corrected chi connectivity index (χ0v) is 16.5. The minimum Gasteiger partial charge on any atom is -0.493 e. The standard InChI is InChI=1S/C19H18FN3O5S/c1-3-28-10-16-22-18(24)17(19(25)23-16)29(26,27)13-6-4-12(5-7-13)14-8-9-15(20)21-11(14)2/h4-9H,3,10H2,1-2H3,(H2,22,23,24,25). The summed E-state index contributed by atoms with van der Waals surface area (Å²) in [5.41, 5.74) is 0.623. The Morgan fingerprint density at radius 2 is 1.83 bits per heavy atom. The van der Waals surface area contributed by atoms with Crippen LogP contribution in [0.1, 0.15) is 18.4 Å². The number of aromatic nitrogens is 3. The maximum absolute atomic E-state index is 13.2. The Bertz CT molecular complexity index is 1210. The number of nitrogens with zero attached hydrogens (tertiary/aromatic N) is 2. The first-order chi connectivity index (χ1) is 13.7. The molecule has 0 radical (unpaired) electrons. The minimum atomic E-state index is -4.33. The van der Waals surface area contributed by atoms with Crippen LogP contribution in [0.2, 0.25) is 0 Å². The van der Waals surface area contributed by atoms with Gasteiger partial charge in [0.05, 0.1) is 4.90 Å². The second kappa shape index (κ2) is 8.10. The number of halogens is 1. The van der Waals surface area contributed by atoms with Crippen LogP contribution in [0, 0.1) is 12.9 Å². The van der Waals surface area contributed by atoms with Gasteiger partial charge >= 0.3 is 0 Å². The van der Waals surface area contributed by atoms with Crippen molar-refractivity contribution in [2.45, 2.75) is 30.2 Å². The molecule has 2 N–H and O–H groups in total. The molecule has 0 bridgehead atoms. The van der Waals surface area contributed by atoms with Gasteiger partial charge in [0, 0.05) is 17.9 Å². The molecule has 0 saturated carbocycles. The maximum Gasteiger partial charge on any atom is 0.296 e. The van der Waals surface area contributed by atoms with E-state index >= 15 is 0 Å². The van der Waals surface area contributed by atoms with Gasteiger partial charge in [-0.2, -0.15) is 9.37 Å². The molecule has 0 spiro atoms. The highest BCUT2D eigenvalue weighted by molar-refractivity contribution is 7.91. The van der Waals surface area contributed by atoms with Crippen LogP contribution in [0.4, 0.5) is 4.39 Å². The van der Waals surface area contributed by atoms with E-state index < -0.39 is 32.1 Å². The molecule has 29 heavy (non-hydrogen) atoms. The molecule has 2 aromatic heterocycles. The van der Waals surface area contributed by atoms with Gasteiger partial charge in [-0.25, -0.2) is 13.4 Å². The van der Waals surface area contributed by atoms with Crippen molar-refractivity contribution in [3.8, 4) is 17.0 Å². The largest absolute Gasteiger partial charge is 0.493 e. The topological polar surface area (TPSA) is 122 Å². The summed E-state index contributed by atoms with van der Waals surface area (Å²) in [4.78, 5) is 20.9. The van der Waals surface area contributed by atoms with Crippen molar-refractivity contribution in [3.05, 3.63) is 64.2 Å². The number of hydrogen-bond acceptors (Lipinski definition) is 7. The van der Waals surface area contributed by atoms with Gasteiger partial charge in [-0.05, 0) is 43.7 Å². The molecule has 152 valence electrons. The zero-order chi connectivity index (χ0) is 21.2. The predicted molar refractivity (Wildman–Crippen MR) is 102 cm³/mol. The number of pyridine rings is 1. The number of benzene rings is 1. The van der Waals surface area contributed by atoms with Gasteiger partial charge in [0.1, 0.15) is 12.4 Å². The molecule has 0 saturated heterocycles. The van der Waals surface area contributed by atoms with Crippen LogP contribution in [0.5, 0.6) is 5.88 Å². The highest BCUT2D eigenvalue weighted by Crippen LogP contribution is 2.28. The number of aryl methyl sites for hydroxylation is 1. The third kappa shape index (κ3) is 4.17. The first-order valence-electron chi connectivity index (χ1n) is 8.62. The Balaban J connectivity index is 1.99. The van der Waals surface area contributed by atoms with E-state index in [1.54, 1.807) is 19.9 Å². The number of nitrogens with one attached hydrogen (secondary N) is 1. The molecular formula is C19H18FN3O5S. The van der Waals surface area contributed by atoms with Crippen molar-refractivity contribution in [2.75, 3.05) is 6.61 Å². The minimum absolute atomic E-state index is 0.0166. The highest BCUT2D eigenvalue weighted by Gasteiger charge is 2.27. The zero-order valence-electron chi connectivity index (χ0n) is 15.6. The van der Waals surface area contributed by atoms with E-state index in [-0.39, 0.29) is 17.3 Å². The highest BCUT2D eigenvalue weighted by atomic mass is 32.2. The monoisotopic (exact) mass is 419 g/mol. The average Bonchev–Trinajstić information content (AvgIpc) is 2.66. The molecule has 3 rings (SSSR count). The van der Waals surface area contributed by atoms with E-state index in [0.717, 1.165) is 0 Å². The number of aromatic hydroxyl groups is 1. The van der Waals surface area contributed by atoms with Crippen LogP contribution < -0.4 is 5.56 Å². The second-order valence-electron chi connectivity index (χ2n) is 6.10. The summed E-state index contributed by atoms with van der Waals surface area (Å²) in [5, 5.41) is 10.1. The number of ether oxygens (including phenoxy) is 1. The van der Waals surface area contributed by atoms with Crippen LogP contribution >= 0.6 is 0 Å². The smallest absolute Gasteiger partial charge is 0.296 e. The molecule has 1 aromatic carbocycles. The predicted octanol–water partition coefficient (Wildman–Crippen LogP) is 2.35. The molecule has 10 heteroatoms. The molecule has 2 heterocycles. The van der Waals surface area contributed by atoms with Crippen molar-refractivity contribution < 1.29 is 22.7 Å². The molecule has 8 nitrogen and oxygen atoms in total. The lowest BCUT2D eigenvalue weighted by Crippen LogP contribution is -2.21. The quantitative estimate of drug-likeness (QED) is 0.588. The SMILES string of the molecule is CCOCc1nc(=O)c(S(=O)(=O)c2ccc(-c3ccc(F)nc3C)cc2)c(O)[nH]1. The fourth-order valence-corrected chi connectivity index (χ4v) is 4.08. The molecule has 0 fully saturated rings. The van der Waals surface area contributed by atoms with Gasteiger partial charge in [-0.15, -0.1) is 0 Å². The van der Waals surface area contributed by atoms with Gasteiger partial charge in [-0.1, -0.05) is 12.1 Å². The molecule has 0 atom stereocenters. The van der Waals surface area contributed by atoms with E-state index in [1.807, 2.05) is 0 Å². The molecule has 0 amide bonds. The van der Waals surface area contributed by atoms with Gasteiger partial charge in [0.2, 0.25) is 21.7 Å². The summed E-state index contributed by atoms with van der Waals surface area (Å²) in [7, 11) is -4.33. The lowest BCUT2D eigenvalue weighted by molar-refractivity contribution is 0.127. The van der Waals surface area contributed by atoms with Crippen LogP contribution in [0.25, 0.3) is 11.1 Å². The number of H-pyrrole nitrogens is 1.